The molecule has 0 spiro atoms. The minimum Gasteiger partial charge on any atom is -0.460 e. The predicted octanol–water partition coefficient (Wildman–Crippen LogP) is 2.04. The number of ether oxygens (including phenoxy) is 4. The third-order valence-corrected chi connectivity index (χ3v) is 8.92. The molecule has 2 fully saturated rings. The number of cyclic esters (lactones) is 1. The Labute approximate surface area is 234 Å². The van der Waals surface area contributed by atoms with Crippen LogP contribution in [0.25, 0.3) is 0 Å². The summed E-state index contributed by atoms with van der Waals surface area (Å²) in [5.74, 6) is -2.56. The van der Waals surface area contributed by atoms with Crippen LogP contribution in [0.1, 0.15) is 74.7 Å². The van der Waals surface area contributed by atoms with Crippen LogP contribution in [-0.2, 0) is 28.5 Å². The van der Waals surface area contributed by atoms with E-state index in [1.54, 1.807) is 28.0 Å². The molecule has 10 nitrogen and oxygen atoms in total. The van der Waals surface area contributed by atoms with E-state index in [0.717, 1.165) is 0 Å². The fraction of sp³-hybridized carbons (Fsp3) is 0.931. The predicted molar refractivity (Wildman–Crippen MR) is 148 cm³/mol. The summed E-state index contributed by atoms with van der Waals surface area (Å²) in [6.45, 7) is 15.3. The smallest absolute Gasteiger partial charge is 0.311 e. The van der Waals surface area contributed by atoms with E-state index in [-0.39, 0.29) is 35.8 Å². The lowest BCUT2D eigenvalue weighted by Gasteiger charge is -2.47. The van der Waals surface area contributed by atoms with Gasteiger partial charge in [-0.2, -0.15) is 0 Å². The molecule has 2 saturated heterocycles. The van der Waals surface area contributed by atoms with Gasteiger partial charge in [0, 0.05) is 43.5 Å². The first-order chi connectivity index (χ1) is 18.2. The standard InChI is InChI=1S/C29H54N2O8/c1-11-22-20(7)31-14-16(3)23(32)15(2)13-29(8,36-10)26(18(5)24(33)19(6)27(35)38-22)39-28-25(34)21(30-9)12-17(4)37-28/h15-22,24-26,28,30-31,33-34H,11-14H2,1-10H3/t15-,16?,17-,18+,19-,20?,21+,22?,24?,25-,26-,28+,29+/m1/s1. The lowest BCUT2D eigenvalue weighted by Crippen LogP contribution is -2.59. The van der Waals surface area contributed by atoms with Gasteiger partial charge in [0.05, 0.1) is 29.8 Å². The van der Waals surface area contributed by atoms with Crippen LogP contribution >= 0.6 is 0 Å². The Morgan fingerprint density at radius 1 is 1.08 bits per heavy atom. The maximum atomic E-state index is 13.4. The number of rotatable bonds is 5. The van der Waals surface area contributed by atoms with Gasteiger partial charge >= 0.3 is 5.97 Å². The summed E-state index contributed by atoms with van der Waals surface area (Å²) in [5.41, 5.74) is -1.05. The number of likely N-dealkylation sites (N-methyl/N-ethyl adjacent to an activating group) is 1. The van der Waals surface area contributed by atoms with Crippen molar-refractivity contribution in [1.82, 2.24) is 10.6 Å². The van der Waals surface area contributed by atoms with Crippen LogP contribution in [0.2, 0.25) is 0 Å². The summed E-state index contributed by atoms with van der Waals surface area (Å²) in [4.78, 5) is 26.6. The minimum absolute atomic E-state index is 0.0797. The molecule has 0 bridgehead atoms. The SMILES string of the molecule is CCC1OC(=O)[C@H](C)C(O)[C@H](C)[C@@H](O[C@@H]2O[C@H](C)C[C@H](NC)[C@H]2O)[C@@](C)(OC)C[C@@H](C)C(=O)C(C)CNC1C. The largest absolute Gasteiger partial charge is 0.460 e. The summed E-state index contributed by atoms with van der Waals surface area (Å²) < 4.78 is 24.4. The van der Waals surface area contributed by atoms with Crippen LogP contribution in [0.4, 0.5) is 0 Å². The van der Waals surface area contributed by atoms with E-state index in [1.807, 2.05) is 41.5 Å². The van der Waals surface area contributed by atoms with Crippen molar-refractivity contribution in [1.29, 1.82) is 0 Å². The van der Waals surface area contributed by atoms with E-state index in [4.69, 9.17) is 18.9 Å². The van der Waals surface area contributed by atoms with Gasteiger partial charge in [0.1, 0.15) is 18.0 Å². The number of aliphatic hydroxyl groups excluding tert-OH is 2. The van der Waals surface area contributed by atoms with Gasteiger partial charge in [-0.25, -0.2) is 0 Å². The number of esters is 1. The monoisotopic (exact) mass is 558 g/mol. The fourth-order valence-corrected chi connectivity index (χ4v) is 6.10. The molecule has 4 N–H and O–H groups in total. The molecule has 0 saturated carbocycles. The highest BCUT2D eigenvalue weighted by Crippen LogP contribution is 2.37. The second-order valence-corrected chi connectivity index (χ2v) is 12.1. The molecule has 0 amide bonds. The molecule has 0 aromatic carbocycles. The molecular formula is C29H54N2O8. The maximum Gasteiger partial charge on any atom is 0.311 e. The van der Waals surface area contributed by atoms with Crippen LogP contribution in [0.5, 0.6) is 0 Å². The van der Waals surface area contributed by atoms with Crippen molar-refractivity contribution < 1.29 is 38.7 Å². The van der Waals surface area contributed by atoms with Crippen molar-refractivity contribution >= 4 is 11.8 Å². The normalized spacial score (nSPS) is 45.7. The van der Waals surface area contributed by atoms with Crippen molar-refractivity contribution in [2.45, 2.75) is 129 Å². The van der Waals surface area contributed by atoms with E-state index in [1.165, 1.54) is 0 Å². The van der Waals surface area contributed by atoms with Crippen LogP contribution in [0.3, 0.4) is 0 Å². The number of hydrogen-bond acceptors (Lipinski definition) is 10. The molecule has 0 aromatic heterocycles. The summed E-state index contributed by atoms with van der Waals surface area (Å²) in [7, 11) is 3.33. The van der Waals surface area contributed by atoms with Gasteiger partial charge in [-0.15, -0.1) is 0 Å². The molecule has 2 heterocycles. The Morgan fingerprint density at radius 2 is 1.72 bits per heavy atom. The number of carbonyl (C=O) groups is 2. The molecule has 39 heavy (non-hydrogen) atoms. The molecule has 2 aliphatic heterocycles. The molecule has 2 rings (SSSR count). The van der Waals surface area contributed by atoms with Crippen molar-refractivity contribution in [3.05, 3.63) is 0 Å². The first-order valence-corrected chi connectivity index (χ1v) is 14.6. The maximum absolute atomic E-state index is 13.4. The lowest BCUT2D eigenvalue weighted by molar-refractivity contribution is -0.296. The topological polar surface area (TPSA) is 136 Å². The molecular weight excluding hydrogens is 504 g/mol. The molecule has 0 radical (unpaired) electrons. The second-order valence-electron chi connectivity index (χ2n) is 12.1. The van der Waals surface area contributed by atoms with Crippen molar-refractivity contribution in [3.8, 4) is 0 Å². The third kappa shape index (κ3) is 8.21. The lowest BCUT2D eigenvalue weighted by atomic mass is 9.76. The van der Waals surface area contributed by atoms with E-state index in [9.17, 15) is 19.8 Å². The quantitative estimate of drug-likeness (QED) is 0.371. The molecule has 0 aromatic rings. The van der Waals surface area contributed by atoms with Gasteiger partial charge in [-0.05, 0) is 54.0 Å². The number of aliphatic hydroxyl groups is 2. The molecule has 4 unspecified atom stereocenters. The van der Waals surface area contributed by atoms with Gasteiger partial charge in [-0.3, -0.25) is 9.59 Å². The third-order valence-electron chi connectivity index (χ3n) is 8.92. The Kier molecular flexibility index (Phi) is 12.8. The van der Waals surface area contributed by atoms with Crippen LogP contribution in [-0.4, -0.2) is 97.2 Å². The molecule has 2 aliphatic rings. The number of Topliss-reactive ketones (excluding diaryl/α,β-unsaturated/α-hetero) is 1. The van der Waals surface area contributed by atoms with Crippen LogP contribution in [0, 0.1) is 23.7 Å². The van der Waals surface area contributed by atoms with Gasteiger partial charge in [0.15, 0.2) is 6.29 Å². The second kappa shape index (κ2) is 14.7. The van der Waals surface area contributed by atoms with Crippen LogP contribution < -0.4 is 10.6 Å². The Hall–Kier alpha value is -1.14. The highest BCUT2D eigenvalue weighted by atomic mass is 16.7. The highest BCUT2D eigenvalue weighted by Gasteiger charge is 2.49. The van der Waals surface area contributed by atoms with Crippen molar-refractivity contribution in [2.24, 2.45) is 23.7 Å². The molecule has 0 aliphatic carbocycles. The molecule has 228 valence electrons. The first kappa shape index (κ1) is 34.1. The average Bonchev–Trinajstić information content (AvgIpc) is 2.91. The van der Waals surface area contributed by atoms with E-state index >= 15 is 0 Å². The number of nitrogens with one attached hydrogen (secondary N) is 2. The first-order valence-electron chi connectivity index (χ1n) is 14.6. The van der Waals surface area contributed by atoms with Crippen LogP contribution in [0.15, 0.2) is 0 Å². The summed E-state index contributed by atoms with van der Waals surface area (Å²) >= 11 is 0. The Balaban J connectivity index is 2.52. The number of ketones is 1. The average molecular weight is 559 g/mol. The van der Waals surface area contributed by atoms with E-state index < -0.39 is 54.1 Å². The number of carbonyl (C=O) groups excluding carboxylic acids is 2. The van der Waals surface area contributed by atoms with Gasteiger partial charge in [0.2, 0.25) is 0 Å². The van der Waals surface area contributed by atoms with Gasteiger partial charge in [0.25, 0.3) is 0 Å². The fourth-order valence-electron chi connectivity index (χ4n) is 6.10. The van der Waals surface area contributed by atoms with Crippen molar-refractivity contribution in [3.63, 3.8) is 0 Å². The van der Waals surface area contributed by atoms with Crippen molar-refractivity contribution in [2.75, 3.05) is 20.7 Å². The molecule has 13 atom stereocenters. The van der Waals surface area contributed by atoms with Gasteiger partial charge < -0.3 is 39.8 Å². The number of methoxy groups -OCH3 is 1. The molecule has 10 heteroatoms. The van der Waals surface area contributed by atoms with E-state index in [0.29, 0.717) is 25.8 Å². The number of hydrogen-bond donors (Lipinski definition) is 4. The summed E-state index contributed by atoms with van der Waals surface area (Å²) in [5, 5.41) is 29.0. The zero-order chi connectivity index (χ0) is 29.7. The Morgan fingerprint density at radius 3 is 2.28 bits per heavy atom. The van der Waals surface area contributed by atoms with Gasteiger partial charge in [-0.1, -0.05) is 27.7 Å². The zero-order valence-corrected chi connectivity index (χ0v) is 25.6. The highest BCUT2D eigenvalue weighted by molar-refractivity contribution is 5.83. The summed E-state index contributed by atoms with van der Waals surface area (Å²) in [6, 6.07) is -0.408. The van der Waals surface area contributed by atoms with E-state index in [2.05, 4.69) is 10.6 Å². The summed E-state index contributed by atoms with van der Waals surface area (Å²) in [6.07, 6.45) is -3.01. The zero-order valence-electron chi connectivity index (χ0n) is 25.6. The minimum atomic E-state index is -1.15. The Bertz CT molecular complexity index is 799.